The van der Waals surface area contributed by atoms with Crippen LogP contribution in [0.5, 0.6) is 0 Å². The average Bonchev–Trinajstić information content (AvgIpc) is 2.94. The van der Waals surface area contributed by atoms with Crippen LogP contribution in [-0.4, -0.2) is 34.9 Å². The summed E-state index contributed by atoms with van der Waals surface area (Å²) >= 11 is 0. The maximum Gasteiger partial charge on any atom is 0.220 e. The summed E-state index contributed by atoms with van der Waals surface area (Å²) in [5.41, 5.74) is 0. The van der Waals surface area contributed by atoms with Crippen LogP contribution in [0.4, 0.5) is 0 Å². The van der Waals surface area contributed by atoms with Gasteiger partial charge in [0.25, 0.3) is 0 Å². The molecule has 0 bridgehead atoms. The predicted octanol–water partition coefficient (Wildman–Crippen LogP) is 9.28. The molecule has 2 unspecified atom stereocenters. The number of allylic oxidation sites excluding steroid dienone is 8. The third-order valence-electron chi connectivity index (χ3n) is 7.10. The molecule has 2 atom stereocenters. The minimum Gasteiger partial charge on any atom is -0.394 e. The van der Waals surface area contributed by atoms with E-state index in [0.29, 0.717) is 12.8 Å². The Bertz CT molecular complexity index is 638. The molecular formula is C35H63NO3. The van der Waals surface area contributed by atoms with Crippen LogP contribution in [0.25, 0.3) is 0 Å². The first-order valence-electron chi connectivity index (χ1n) is 16.3. The highest BCUT2D eigenvalue weighted by molar-refractivity contribution is 5.76. The van der Waals surface area contributed by atoms with Gasteiger partial charge in [-0.15, -0.1) is 0 Å². The highest BCUT2D eigenvalue weighted by Gasteiger charge is 2.19. The van der Waals surface area contributed by atoms with Crippen molar-refractivity contribution in [3.05, 3.63) is 48.6 Å². The molecule has 0 rings (SSSR count). The van der Waals surface area contributed by atoms with E-state index in [1.807, 2.05) is 0 Å². The first-order chi connectivity index (χ1) is 19.2. The normalized spacial score (nSPS) is 13.8. The van der Waals surface area contributed by atoms with Gasteiger partial charge in [0.05, 0.1) is 18.8 Å². The van der Waals surface area contributed by atoms with Crippen LogP contribution in [0.2, 0.25) is 0 Å². The molecule has 39 heavy (non-hydrogen) atoms. The van der Waals surface area contributed by atoms with Crippen molar-refractivity contribution in [3.8, 4) is 0 Å². The summed E-state index contributed by atoms with van der Waals surface area (Å²) in [7, 11) is 0. The fraction of sp³-hybridized carbons (Fsp3) is 0.743. The summed E-state index contributed by atoms with van der Waals surface area (Å²) in [5, 5.41) is 22.8. The van der Waals surface area contributed by atoms with Crippen LogP contribution in [0.3, 0.4) is 0 Å². The molecule has 226 valence electrons. The second-order valence-corrected chi connectivity index (χ2v) is 10.8. The number of hydrogen-bond donors (Lipinski definition) is 3. The maximum atomic E-state index is 12.2. The molecule has 0 aromatic heterocycles. The lowest BCUT2D eigenvalue weighted by Crippen LogP contribution is -2.45. The molecule has 0 heterocycles. The average molecular weight is 546 g/mol. The van der Waals surface area contributed by atoms with Gasteiger partial charge in [0.1, 0.15) is 0 Å². The Hall–Kier alpha value is -1.65. The standard InChI is InChI=1S/C35H63NO3/c1-3-5-7-9-11-13-14-15-16-17-18-19-20-21-22-23-25-27-29-31-35(39)36-33(32-37)34(38)30-28-26-24-12-10-8-6-4-2/h5,7,11,13,15-16,18-19,33-34,37-38H,3-4,6,8-10,12,14,17,20-32H2,1-2H3,(H,36,39)/b7-5-,13-11-,16-15-,19-18-. The Labute approximate surface area is 242 Å². The van der Waals surface area contributed by atoms with E-state index >= 15 is 0 Å². The van der Waals surface area contributed by atoms with Gasteiger partial charge in [-0.25, -0.2) is 0 Å². The molecule has 3 N–H and O–H groups in total. The quantitative estimate of drug-likeness (QED) is 0.0677. The van der Waals surface area contributed by atoms with Gasteiger partial charge in [0, 0.05) is 6.42 Å². The molecule has 4 heteroatoms. The Kier molecular flexibility index (Phi) is 29.6. The third-order valence-corrected chi connectivity index (χ3v) is 7.10. The van der Waals surface area contributed by atoms with Crippen molar-refractivity contribution in [1.29, 1.82) is 0 Å². The van der Waals surface area contributed by atoms with Crippen molar-refractivity contribution in [2.24, 2.45) is 0 Å². The van der Waals surface area contributed by atoms with Crippen LogP contribution < -0.4 is 5.32 Å². The zero-order chi connectivity index (χ0) is 28.7. The van der Waals surface area contributed by atoms with Crippen LogP contribution in [0.15, 0.2) is 48.6 Å². The van der Waals surface area contributed by atoms with Crippen molar-refractivity contribution >= 4 is 5.91 Å². The van der Waals surface area contributed by atoms with Crippen molar-refractivity contribution < 1.29 is 15.0 Å². The van der Waals surface area contributed by atoms with Crippen molar-refractivity contribution in [3.63, 3.8) is 0 Å². The number of unbranched alkanes of at least 4 members (excludes halogenated alkanes) is 13. The van der Waals surface area contributed by atoms with E-state index in [1.54, 1.807) is 0 Å². The summed E-state index contributed by atoms with van der Waals surface area (Å²) < 4.78 is 0. The highest BCUT2D eigenvalue weighted by Crippen LogP contribution is 2.13. The van der Waals surface area contributed by atoms with Gasteiger partial charge in [0.2, 0.25) is 5.91 Å². The van der Waals surface area contributed by atoms with Gasteiger partial charge in [-0.05, 0) is 51.4 Å². The maximum absolute atomic E-state index is 12.2. The summed E-state index contributed by atoms with van der Waals surface area (Å²) in [4.78, 5) is 12.2. The molecule has 0 aromatic rings. The van der Waals surface area contributed by atoms with E-state index in [-0.39, 0.29) is 12.5 Å². The van der Waals surface area contributed by atoms with E-state index in [1.165, 1.54) is 57.8 Å². The van der Waals surface area contributed by atoms with E-state index in [2.05, 4.69) is 67.8 Å². The van der Waals surface area contributed by atoms with E-state index < -0.39 is 12.1 Å². The molecule has 0 aromatic carbocycles. The number of carbonyl (C=O) groups is 1. The predicted molar refractivity (Wildman–Crippen MR) is 170 cm³/mol. The summed E-state index contributed by atoms with van der Waals surface area (Å²) in [5.74, 6) is -0.0524. The lowest BCUT2D eigenvalue weighted by molar-refractivity contribution is -0.123. The Morgan fingerprint density at radius 2 is 1.13 bits per heavy atom. The summed E-state index contributed by atoms with van der Waals surface area (Å²) in [6, 6.07) is -0.541. The lowest BCUT2D eigenvalue weighted by Gasteiger charge is -2.22. The Morgan fingerprint density at radius 1 is 0.641 bits per heavy atom. The fourth-order valence-corrected chi connectivity index (χ4v) is 4.58. The minimum absolute atomic E-state index is 0.0524. The van der Waals surface area contributed by atoms with Gasteiger partial charge in [-0.2, -0.15) is 0 Å². The second-order valence-electron chi connectivity index (χ2n) is 10.8. The summed E-state index contributed by atoms with van der Waals surface area (Å²) in [6.45, 7) is 4.18. The molecular weight excluding hydrogens is 482 g/mol. The molecule has 0 aliphatic rings. The number of rotatable bonds is 28. The van der Waals surface area contributed by atoms with Crippen LogP contribution >= 0.6 is 0 Å². The van der Waals surface area contributed by atoms with Gasteiger partial charge in [0.15, 0.2) is 0 Å². The number of aliphatic hydroxyl groups excluding tert-OH is 2. The van der Waals surface area contributed by atoms with E-state index in [4.69, 9.17) is 0 Å². The van der Waals surface area contributed by atoms with E-state index in [9.17, 15) is 15.0 Å². The number of aliphatic hydroxyl groups is 2. The first-order valence-corrected chi connectivity index (χ1v) is 16.3. The van der Waals surface area contributed by atoms with Crippen molar-refractivity contribution in [2.45, 2.75) is 161 Å². The number of nitrogens with one attached hydrogen (secondary N) is 1. The van der Waals surface area contributed by atoms with E-state index in [0.717, 1.165) is 64.2 Å². The van der Waals surface area contributed by atoms with Crippen LogP contribution in [0, 0.1) is 0 Å². The SMILES string of the molecule is CC/C=C\C/C=C\C/C=C\C/C=C\CCCCCCCCC(=O)NC(CO)C(O)CCCCCCCCCC. The lowest BCUT2D eigenvalue weighted by atomic mass is 10.0. The zero-order valence-electron chi connectivity index (χ0n) is 25.6. The van der Waals surface area contributed by atoms with Crippen LogP contribution in [0.1, 0.15) is 149 Å². The smallest absolute Gasteiger partial charge is 0.220 e. The molecule has 4 nitrogen and oxygen atoms in total. The zero-order valence-corrected chi connectivity index (χ0v) is 25.6. The van der Waals surface area contributed by atoms with Gasteiger partial charge in [-0.1, -0.05) is 140 Å². The number of carbonyl (C=O) groups excluding carboxylic acids is 1. The second kappa shape index (κ2) is 30.9. The molecule has 0 saturated carbocycles. The highest BCUT2D eigenvalue weighted by atomic mass is 16.3. The van der Waals surface area contributed by atoms with Crippen LogP contribution in [-0.2, 0) is 4.79 Å². The number of amides is 1. The third kappa shape index (κ3) is 27.7. The fourth-order valence-electron chi connectivity index (χ4n) is 4.58. The molecule has 0 saturated heterocycles. The first kappa shape index (κ1) is 37.4. The Balaban J connectivity index is 3.64. The summed E-state index contributed by atoms with van der Waals surface area (Å²) in [6.07, 6.45) is 40.2. The largest absolute Gasteiger partial charge is 0.394 e. The van der Waals surface area contributed by atoms with Crippen molar-refractivity contribution in [1.82, 2.24) is 5.32 Å². The Morgan fingerprint density at radius 3 is 1.69 bits per heavy atom. The van der Waals surface area contributed by atoms with Crippen molar-refractivity contribution in [2.75, 3.05) is 6.61 Å². The molecule has 1 amide bonds. The molecule has 0 radical (unpaired) electrons. The van der Waals surface area contributed by atoms with Gasteiger partial charge >= 0.3 is 0 Å². The van der Waals surface area contributed by atoms with Gasteiger partial charge in [-0.3, -0.25) is 4.79 Å². The molecule has 0 aliphatic heterocycles. The van der Waals surface area contributed by atoms with Gasteiger partial charge < -0.3 is 15.5 Å². The minimum atomic E-state index is -0.663. The molecule has 0 fully saturated rings. The molecule has 0 spiro atoms. The topological polar surface area (TPSA) is 69.6 Å². The monoisotopic (exact) mass is 545 g/mol. The molecule has 0 aliphatic carbocycles. The number of hydrogen-bond acceptors (Lipinski definition) is 3.